The fourth-order valence-electron chi connectivity index (χ4n) is 3.57. The van der Waals surface area contributed by atoms with Crippen LogP contribution in [0.2, 0.25) is 0 Å². The molecule has 0 unspecified atom stereocenters. The Labute approximate surface area is 163 Å². The Morgan fingerprint density at radius 1 is 1.15 bits per heavy atom. The summed E-state index contributed by atoms with van der Waals surface area (Å²) in [5.74, 6) is 0. The lowest BCUT2D eigenvalue weighted by Gasteiger charge is -2.13. The molecule has 6 heteroatoms. The molecular formula is C21H20N2O2S2. The van der Waals surface area contributed by atoms with Gasteiger partial charge < -0.3 is 0 Å². The topological polar surface area (TPSA) is 59.1 Å². The van der Waals surface area contributed by atoms with Gasteiger partial charge in [-0.05, 0) is 60.2 Å². The molecule has 0 saturated carbocycles. The van der Waals surface area contributed by atoms with Crippen LogP contribution in [0.4, 0.5) is 5.69 Å². The molecule has 1 aliphatic carbocycles. The van der Waals surface area contributed by atoms with Gasteiger partial charge in [0.15, 0.2) is 0 Å². The van der Waals surface area contributed by atoms with Crippen molar-refractivity contribution < 1.29 is 8.42 Å². The summed E-state index contributed by atoms with van der Waals surface area (Å²) in [4.78, 5) is 5.77. The number of benzene rings is 2. The summed E-state index contributed by atoms with van der Waals surface area (Å²) in [5, 5.41) is 0. The van der Waals surface area contributed by atoms with Crippen molar-refractivity contribution in [2.24, 2.45) is 0 Å². The SMILES string of the molecule is Cc1cccc2c1C(=Cc1cccc(NS(C)(=O)=O)c1)c1scnc1CC2. The Bertz CT molecular complexity index is 1140. The zero-order valence-electron chi connectivity index (χ0n) is 15.2. The van der Waals surface area contributed by atoms with Gasteiger partial charge >= 0.3 is 0 Å². The van der Waals surface area contributed by atoms with Gasteiger partial charge in [0.2, 0.25) is 10.0 Å². The fourth-order valence-corrected chi connectivity index (χ4v) is 4.98. The second-order valence-corrected chi connectivity index (χ2v) is 9.40. The third-order valence-corrected chi connectivity index (χ3v) is 6.15. The van der Waals surface area contributed by atoms with E-state index < -0.39 is 10.0 Å². The van der Waals surface area contributed by atoms with Crippen LogP contribution in [0.25, 0.3) is 11.6 Å². The fraction of sp³-hybridized carbons (Fsp3) is 0.190. The number of fused-ring (bicyclic) bond motifs is 2. The molecule has 1 aromatic heterocycles. The van der Waals surface area contributed by atoms with Gasteiger partial charge in [-0.25, -0.2) is 13.4 Å². The number of sulfonamides is 1. The van der Waals surface area contributed by atoms with E-state index in [1.165, 1.54) is 21.6 Å². The first-order chi connectivity index (χ1) is 12.9. The summed E-state index contributed by atoms with van der Waals surface area (Å²) in [7, 11) is -3.31. The molecule has 0 aliphatic heterocycles. The second-order valence-electron chi connectivity index (χ2n) is 6.79. The molecule has 27 heavy (non-hydrogen) atoms. The van der Waals surface area contributed by atoms with E-state index in [0.717, 1.165) is 35.9 Å². The number of hydrogen-bond donors (Lipinski definition) is 1. The highest BCUT2D eigenvalue weighted by Crippen LogP contribution is 2.38. The Kier molecular flexibility index (Phi) is 4.61. The average Bonchev–Trinajstić information content (AvgIpc) is 3.00. The summed E-state index contributed by atoms with van der Waals surface area (Å²) in [6.45, 7) is 2.14. The number of hydrogen-bond acceptors (Lipinski definition) is 4. The van der Waals surface area contributed by atoms with E-state index in [-0.39, 0.29) is 0 Å². The predicted molar refractivity (Wildman–Crippen MR) is 113 cm³/mol. The number of rotatable bonds is 3. The lowest BCUT2D eigenvalue weighted by molar-refractivity contribution is 0.607. The van der Waals surface area contributed by atoms with Gasteiger partial charge in [0.05, 0.1) is 22.3 Å². The van der Waals surface area contributed by atoms with E-state index in [9.17, 15) is 8.42 Å². The third-order valence-electron chi connectivity index (χ3n) is 4.65. The molecule has 0 atom stereocenters. The quantitative estimate of drug-likeness (QED) is 0.709. The zero-order valence-corrected chi connectivity index (χ0v) is 16.8. The molecule has 4 nitrogen and oxygen atoms in total. The van der Waals surface area contributed by atoms with Crippen LogP contribution in [-0.4, -0.2) is 19.7 Å². The zero-order chi connectivity index (χ0) is 19.0. The second kappa shape index (κ2) is 6.94. The Morgan fingerprint density at radius 3 is 2.78 bits per heavy atom. The number of thiazole rings is 1. The minimum Gasteiger partial charge on any atom is -0.284 e. The molecule has 0 fully saturated rings. The molecule has 0 amide bonds. The lowest BCUT2D eigenvalue weighted by atomic mass is 9.93. The smallest absolute Gasteiger partial charge is 0.229 e. The van der Waals surface area contributed by atoms with E-state index in [1.54, 1.807) is 17.4 Å². The molecule has 1 heterocycles. The number of anilines is 1. The van der Waals surface area contributed by atoms with Crippen molar-refractivity contribution in [3.05, 3.63) is 80.8 Å². The number of nitrogens with zero attached hydrogens (tertiary/aromatic N) is 1. The van der Waals surface area contributed by atoms with Gasteiger partial charge in [0.25, 0.3) is 0 Å². The first-order valence-electron chi connectivity index (χ1n) is 8.72. The maximum absolute atomic E-state index is 11.6. The molecular weight excluding hydrogens is 376 g/mol. The monoisotopic (exact) mass is 396 g/mol. The number of nitrogens with one attached hydrogen (secondary N) is 1. The minimum absolute atomic E-state index is 0.565. The van der Waals surface area contributed by atoms with Crippen molar-refractivity contribution in [2.45, 2.75) is 19.8 Å². The number of aryl methyl sites for hydroxylation is 3. The van der Waals surface area contributed by atoms with Gasteiger partial charge in [-0.3, -0.25) is 4.72 Å². The molecule has 138 valence electrons. The van der Waals surface area contributed by atoms with Crippen molar-refractivity contribution in [1.82, 2.24) is 4.98 Å². The molecule has 0 saturated heterocycles. The Morgan fingerprint density at radius 2 is 1.96 bits per heavy atom. The van der Waals surface area contributed by atoms with Crippen molar-refractivity contribution in [1.29, 1.82) is 0 Å². The highest BCUT2D eigenvalue weighted by molar-refractivity contribution is 7.92. The van der Waals surface area contributed by atoms with E-state index >= 15 is 0 Å². The molecule has 0 radical (unpaired) electrons. The molecule has 0 spiro atoms. The van der Waals surface area contributed by atoms with Crippen molar-refractivity contribution in [2.75, 3.05) is 11.0 Å². The summed E-state index contributed by atoms with van der Waals surface area (Å²) in [6, 6.07) is 13.9. The third kappa shape index (κ3) is 3.82. The van der Waals surface area contributed by atoms with E-state index in [0.29, 0.717) is 5.69 Å². The molecule has 2 aromatic carbocycles. The molecule has 0 bridgehead atoms. The standard InChI is InChI=1S/C21H20N2O2S2/c1-14-5-3-7-16-9-10-19-21(26-13-22-19)18(20(14)16)12-15-6-4-8-17(11-15)23-27(2,24)25/h3-8,11-13,23H,9-10H2,1-2H3. The minimum atomic E-state index is -3.31. The highest BCUT2D eigenvalue weighted by atomic mass is 32.2. The maximum Gasteiger partial charge on any atom is 0.229 e. The van der Waals surface area contributed by atoms with Crippen molar-refractivity contribution in [3.63, 3.8) is 0 Å². The van der Waals surface area contributed by atoms with Crippen LogP contribution in [0, 0.1) is 6.92 Å². The van der Waals surface area contributed by atoms with E-state index in [4.69, 9.17) is 0 Å². The van der Waals surface area contributed by atoms with Crippen LogP contribution < -0.4 is 4.72 Å². The first kappa shape index (κ1) is 17.9. The largest absolute Gasteiger partial charge is 0.284 e. The van der Waals surface area contributed by atoms with Gasteiger partial charge in [-0.1, -0.05) is 30.3 Å². The summed E-state index contributed by atoms with van der Waals surface area (Å²) in [6.07, 6.45) is 5.21. The maximum atomic E-state index is 11.6. The average molecular weight is 397 g/mol. The van der Waals surface area contributed by atoms with E-state index in [2.05, 4.69) is 40.9 Å². The Hall–Kier alpha value is -2.44. The summed E-state index contributed by atoms with van der Waals surface area (Å²) in [5.41, 5.74) is 9.55. The van der Waals surface area contributed by atoms with Gasteiger partial charge in [-0.15, -0.1) is 11.3 Å². The van der Waals surface area contributed by atoms with E-state index in [1.807, 2.05) is 23.7 Å². The van der Waals surface area contributed by atoms with Crippen LogP contribution in [0.15, 0.2) is 48.0 Å². The first-order valence-corrected chi connectivity index (χ1v) is 11.5. The molecule has 1 aliphatic rings. The van der Waals surface area contributed by atoms with Crippen LogP contribution in [-0.2, 0) is 22.9 Å². The molecule has 1 N–H and O–H groups in total. The van der Waals surface area contributed by atoms with Crippen molar-refractivity contribution in [3.8, 4) is 0 Å². The van der Waals surface area contributed by atoms with Gasteiger partial charge in [0, 0.05) is 11.3 Å². The van der Waals surface area contributed by atoms with Crippen LogP contribution in [0.3, 0.4) is 0 Å². The van der Waals surface area contributed by atoms with Gasteiger partial charge in [0.1, 0.15) is 0 Å². The van der Waals surface area contributed by atoms with Crippen LogP contribution in [0.1, 0.15) is 32.8 Å². The normalized spacial score (nSPS) is 15.1. The van der Waals surface area contributed by atoms with Crippen LogP contribution >= 0.6 is 11.3 Å². The summed E-state index contributed by atoms with van der Waals surface area (Å²) >= 11 is 1.66. The lowest BCUT2D eigenvalue weighted by Crippen LogP contribution is -2.09. The molecule has 3 aromatic rings. The number of aromatic nitrogens is 1. The predicted octanol–water partition coefficient (Wildman–Crippen LogP) is 4.51. The molecule has 4 rings (SSSR count). The van der Waals surface area contributed by atoms with Crippen LogP contribution in [0.5, 0.6) is 0 Å². The van der Waals surface area contributed by atoms with Gasteiger partial charge in [-0.2, -0.15) is 0 Å². The summed E-state index contributed by atoms with van der Waals surface area (Å²) < 4.78 is 25.7. The highest BCUT2D eigenvalue weighted by Gasteiger charge is 2.21. The van der Waals surface area contributed by atoms with Crippen molar-refractivity contribution >= 4 is 38.7 Å². The Balaban J connectivity index is 1.88.